The maximum atomic E-state index is 12.9. The van der Waals surface area contributed by atoms with Crippen LogP contribution in [0.25, 0.3) is 0 Å². The molecule has 1 aromatic carbocycles. The minimum absolute atomic E-state index is 0.155. The molecule has 0 aliphatic rings. The van der Waals surface area contributed by atoms with E-state index in [1.165, 1.54) is 6.07 Å². The maximum absolute atomic E-state index is 12.9. The van der Waals surface area contributed by atoms with Crippen molar-refractivity contribution in [2.24, 2.45) is 0 Å². The number of carbonyl (C=O) groups is 1. The van der Waals surface area contributed by atoms with Crippen LogP contribution in [-0.2, 0) is 16.0 Å². The molecule has 4 heteroatoms. The van der Waals surface area contributed by atoms with E-state index in [-0.39, 0.29) is 19.0 Å². The molecule has 2 nitrogen and oxygen atoms in total. The van der Waals surface area contributed by atoms with Gasteiger partial charge >= 0.3 is 5.97 Å². The average Bonchev–Trinajstić information content (AvgIpc) is 2.31. The number of ether oxygens (including phenoxy) is 1. The zero-order chi connectivity index (χ0) is 12.7. The number of allylic oxidation sites excluding steroid dienone is 1. The lowest BCUT2D eigenvalue weighted by Gasteiger charge is -2.03. The molecule has 0 N–H and O–H groups in total. The van der Waals surface area contributed by atoms with E-state index < -0.39 is 11.6 Å². The molecule has 17 heavy (non-hydrogen) atoms. The van der Waals surface area contributed by atoms with Crippen molar-refractivity contribution in [2.45, 2.75) is 19.8 Å². The number of rotatable bonds is 5. The molecule has 0 aromatic heterocycles. The fourth-order valence-corrected chi connectivity index (χ4v) is 1.25. The second-order valence-corrected chi connectivity index (χ2v) is 3.50. The van der Waals surface area contributed by atoms with Crippen LogP contribution in [0.5, 0.6) is 0 Å². The van der Waals surface area contributed by atoms with E-state index in [2.05, 4.69) is 0 Å². The quantitative estimate of drug-likeness (QED) is 0.584. The van der Waals surface area contributed by atoms with Crippen molar-refractivity contribution in [2.75, 3.05) is 6.61 Å². The number of halogens is 2. The monoisotopic (exact) mass is 240 g/mol. The van der Waals surface area contributed by atoms with E-state index in [0.717, 1.165) is 12.1 Å². The Bertz CT molecular complexity index is 414. The van der Waals surface area contributed by atoms with E-state index in [0.29, 0.717) is 12.0 Å². The van der Waals surface area contributed by atoms with Crippen molar-refractivity contribution >= 4 is 5.97 Å². The number of esters is 1. The van der Waals surface area contributed by atoms with Crippen molar-refractivity contribution < 1.29 is 18.3 Å². The van der Waals surface area contributed by atoms with Gasteiger partial charge in [0.2, 0.25) is 0 Å². The predicted octanol–water partition coefficient (Wildman–Crippen LogP) is 3.02. The highest BCUT2D eigenvalue weighted by molar-refractivity contribution is 5.69. The molecule has 0 heterocycles. The molecule has 0 atom stereocenters. The minimum atomic E-state index is -0.898. The summed E-state index contributed by atoms with van der Waals surface area (Å²) in [5, 5.41) is 0. The van der Waals surface area contributed by atoms with E-state index in [1.807, 2.05) is 6.92 Å². The second-order valence-electron chi connectivity index (χ2n) is 3.50. The van der Waals surface area contributed by atoms with Gasteiger partial charge in [0.05, 0.1) is 0 Å². The summed E-state index contributed by atoms with van der Waals surface area (Å²) in [4.78, 5) is 11.2. The first-order valence-electron chi connectivity index (χ1n) is 5.34. The van der Waals surface area contributed by atoms with Gasteiger partial charge in [-0.3, -0.25) is 4.79 Å². The zero-order valence-electron chi connectivity index (χ0n) is 9.58. The summed E-state index contributed by atoms with van der Waals surface area (Å²) in [6, 6.07) is 3.60. The van der Waals surface area contributed by atoms with Gasteiger partial charge in [-0.1, -0.05) is 18.2 Å². The van der Waals surface area contributed by atoms with Crippen molar-refractivity contribution in [1.29, 1.82) is 0 Å². The summed E-state index contributed by atoms with van der Waals surface area (Å²) in [6.07, 6.45) is 3.99. The Morgan fingerprint density at radius 3 is 2.76 bits per heavy atom. The van der Waals surface area contributed by atoms with Crippen LogP contribution < -0.4 is 0 Å². The van der Waals surface area contributed by atoms with Crippen LogP contribution in [0.1, 0.15) is 18.9 Å². The first-order chi connectivity index (χ1) is 8.13. The van der Waals surface area contributed by atoms with Gasteiger partial charge in [0.15, 0.2) is 11.6 Å². The first-order valence-corrected chi connectivity index (χ1v) is 5.34. The van der Waals surface area contributed by atoms with E-state index >= 15 is 0 Å². The lowest BCUT2D eigenvalue weighted by molar-refractivity contribution is -0.142. The van der Waals surface area contributed by atoms with Crippen LogP contribution in [-0.4, -0.2) is 12.6 Å². The van der Waals surface area contributed by atoms with E-state index in [4.69, 9.17) is 4.74 Å². The third kappa shape index (κ3) is 4.76. The molecule has 1 aromatic rings. The molecule has 0 unspecified atom stereocenters. The third-order valence-electron chi connectivity index (χ3n) is 2.18. The molecular weight excluding hydrogens is 226 g/mol. The highest BCUT2D eigenvalue weighted by Crippen LogP contribution is 2.10. The molecule has 0 spiro atoms. The highest BCUT2D eigenvalue weighted by Gasteiger charge is 2.06. The lowest BCUT2D eigenvalue weighted by Crippen LogP contribution is -2.06. The Morgan fingerprint density at radius 1 is 1.35 bits per heavy atom. The van der Waals surface area contributed by atoms with Gasteiger partial charge in [-0.15, -0.1) is 0 Å². The van der Waals surface area contributed by atoms with E-state index in [1.54, 1.807) is 12.2 Å². The van der Waals surface area contributed by atoms with Gasteiger partial charge in [-0.2, -0.15) is 0 Å². The van der Waals surface area contributed by atoms with Crippen molar-refractivity contribution in [3.05, 3.63) is 47.5 Å². The van der Waals surface area contributed by atoms with Crippen LogP contribution in [0.4, 0.5) is 8.78 Å². The molecule has 92 valence electrons. The molecule has 0 aliphatic heterocycles. The second kappa shape index (κ2) is 6.78. The number of aryl methyl sites for hydroxylation is 1. The Labute approximate surface area is 98.9 Å². The summed E-state index contributed by atoms with van der Waals surface area (Å²) in [6.45, 7) is 2.07. The SMILES string of the molecule is C/C=C/COC(=O)CCc1ccc(F)c(F)c1. The molecule has 0 saturated carbocycles. The van der Waals surface area contributed by atoms with Gasteiger partial charge in [-0.05, 0) is 31.0 Å². The summed E-state index contributed by atoms with van der Waals surface area (Å²) in [5.74, 6) is -2.14. The Morgan fingerprint density at radius 2 is 2.12 bits per heavy atom. The number of carbonyl (C=O) groups excluding carboxylic acids is 1. The number of hydrogen-bond donors (Lipinski definition) is 0. The first kappa shape index (κ1) is 13.4. The number of hydrogen-bond acceptors (Lipinski definition) is 2. The van der Waals surface area contributed by atoms with Gasteiger partial charge < -0.3 is 4.74 Å². The largest absolute Gasteiger partial charge is 0.461 e. The molecule has 0 bridgehead atoms. The zero-order valence-corrected chi connectivity index (χ0v) is 9.58. The standard InChI is InChI=1S/C13H14F2O2/c1-2-3-8-17-13(16)7-5-10-4-6-11(14)12(15)9-10/h2-4,6,9H,5,7-8H2,1H3/b3-2+. The molecule has 0 saturated heterocycles. The summed E-state index contributed by atoms with van der Waals surface area (Å²) in [7, 11) is 0. The molecule has 0 radical (unpaired) electrons. The third-order valence-corrected chi connectivity index (χ3v) is 2.18. The fourth-order valence-electron chi connectivity index (χ4n) is 1.25. The predicted molar refractivity (Wildman–Crippen MR) is 60.5 cm³/mol. The van der Waals surface area contributed by atoms with Gasteiger partial charge in [0, 0.05) is 6.42 Å². The van der Waals surface area contributed by atoms with Crippen molar-refractivity contribution in [3.8, 4) is 0 Å². The molecule has 0 fully saturated rings. The topological polar surface area (TPSA) is 26.3 Å². The maximum Gasteiger partial charge on any atom is 0.306 e. The van der Waals surface area contributed by atoms with Crippen LogP contribution in [0.15, 0.2) is 30.4 Å². The molecule has 1 rings (SSSR count). The highest BCUT2D eigenvalue weighted by atomic mass is 19.2. The van der Waals surface area contributed by atoms with Gasteiger partial charge in [-0.25, -0.2) is 8.78 Å². The van der Waals surface area contributed by atoms with Crippen LogP contribution in [0.3, 0.4) is 0 Å². The summed E-state index contributed by atoms with van der Waals surface area (Å²) < 4.78 is 30.3. The lowest BCUT2D eigenvalue weighted by atomic mass is 10.1. The van der Waals surface area contributed by atoms with E-state index in [9.17, 15) is 13.6 Å². The van der Waals surface area contributed by atoms with Crippen LogP contribution >= 0.6 is 0 Å². The summed E-state index contributed by atoms with van der Waals surface area (Å²) in [5.41, 5.74) is 0.576. The molecule has 0 aliphatic carbocycles. The minimum Gasteiger partial charge on any atom is -0.461 e. The van der Waals surface area contributed by atoms with Crippen molar-refractivity contribution in [3.63, 3.8) is 0 Å². The van der Waals surface area contributed by atoms with Crippen molar-refractivity contribution in [1.82, 2.24) is 0 Å². The van der Waals surface area contributed by atoms with Gasteiger partial charge in [0.1, 0.15) is 6.61 Å². The normalized spacial score (nSPS) is 10.8. The number of benzene rings is 1. The van der Waals surface area contributed by atoms with Gasteiger partial charge in [0.25, 0.3) is 0 Å². The summed E-state index contributed by atoms with van der Waals surface area (Å²) >= 11 is 0. The van der Waals surface area contributed by atoms with Crippen LogP contribution in [0.2, 0.25) is 0 Å². The Balaban J connectivity index is 2.39. The fraction of sp³-hybridized carbons (Fsp3) is 0.308. The molecular formula is C13H14F2O2. The molecule has 0 amide bonds. The Kier molecular flexibility index (Phi) is 5.33. The Hall–Kier alpha value is -1.71. The average molecular weight is 240 g/mol. The smallest absolute Gasteiger partial charge is 0.306 e. The van der Waals surface area contributed by atoms with Crippen LogP contribution in [0, 0.1) is 11.6 Å².